The van der Waals surface area contributed by atoms with E-state index < -0.39 is 0 Å². The number of carbonyl (C=O) groups excluding carboxylic acids is 2. The van der Waals surface area contributed by atoms with Crippen LogP contribution in [0.3, 0.4) is 0 Å². The van der Waals surface area contributed by atoms with Crippen molar-refractivity contribution < 1.29 is 9.59 Å². The van der Waals surface area contributed by atoms with Gasteiger partial charge in [-0.05, 0) is 30.5 Å². The number of pyridine rings is 1. The van der Waals surface area contributed by atoms with Gasteiger partial charge >= 0.3 is 0 Å². The number of hydrogen-bond acceptors (Lipinski definition) is 5. The topological polar surface area (TPSA) is 82.8 Å². The van der Waals surface area contributed by atoms with Gasteiger partial charge in [-0.2, -0.15) is 4.98 Å². The van der Waals surface area contributed by atoms with Crippen molar-refractivity contribution in [3.05, 3.63) is 48.0 Å². The molecule has 160 valence electrons. The molecule has 1 N–H and O–H groups in total. The number of anilines is 1. The third-order valence-corrected chi connectivity index (χ3v) is 6.18. The molecule has 2 aromatic heterocycles. The number of nitrogens with one attached hydrogen (secondary N) is 1. The normalized spacial score (nSPS) is 16.8. The number of likely N-dealkylation sites (N-methyl/N-ethyl adjacent to an activating group) is 1. The molecule has 0 bridgehead atoms. The van der Waals surface area contributed by atoms with Gasteiger partial charge in [0.1, 0.15) is 0 Å². The smallest absolute Gasteiger partial charge is 0.249 e. The lowest BCUT2D eigenvalue weighted by Crippen LogP contribution is -2.58. The zero-order valence-corrected chi connectivity index (χ0v) is 17.8. The fourth-order valence-electron chi connectivity index (χ4n) is 3.95. The summed E-state index contributed by atoms with van der Waals surface area (Å²) < 4.78 is 1.77. The molecule has 1 aliphatic carbocycles. The molecule has 1 saturated carbocycles. The molecule has 3 aromatic rings. The van der Waals surface area contributed by atoms with Crippen LogP contribution in [0.25, 0.3) is 16.9 Å². The SMILES string of the molecule is CC(=O)N(C)C1CN(Cc2ccc(-c3cccc4nc(NC(=O)C5CC5)nn34)cc2)C1. The second kappa shape index (κ2) is 7.77. The van der Waals surface area contributed by atoms with Crippen molar-refractivity contribution in [2.24, 2.45) is 5.92 Å². The molecular formula is C23H26N6O2. The molecule has 2 fully saturated rings. The molecule has 1 aromatic carbocycles. The van der Waals surface area contributed by atoms with Gasteiger partial charge < -0.3 is 4.90 Å². The maximum Gasteiger partial charge on any atom is 0.249 e. The van der Waals surface area contributed by atoms with Gasteiger partial charge in [-0.25, -0.2) is 4.52 Å². The van der Waals surface area contributed by atoms with E-state index >= 15 is 0 Å². The first-order chi connectivity index (χ1) is 15.0. The number of amides is 2. The van der Waals surface area contributed by atoms with E-state index in [9.17, 15) is 9.59 Å². The molecule has 8 nitrogen and oxygen atoms in total. The Morgan fingerprint density at radius 1 is 1.13 bits per heavy atom. The molecule has 8 heteroatoms. The van der Waals surface area contributed by atoms with E-state index in [4.69, 9.17) is 0 Å². The van der Waals surface area contributed by atoms with Crippen LogP contribution in [0, 0.1) is 5.92 Å². The molecule has 3 heterocycles. The van der Waals surface area contributed by atoms with Crippen molar-refractivity contribution in [2.45, 2.75) is 32.4 Å². The Morgan fingerprint density at radius 2 is 1.87 bits per heavy atom. The summed E-state index contributed by atoms with van der Waals surface area (Å²) in [4.78, 5) is 32.1. The summed E-state index contributed by atoms with van der Waals surface area (Å²) in [6.07, 6.45) is 1.89. The predicted octanol–water partition coefficient (Wildman–Crippen LogP) is 2.41. The Labute approximate surface area is 180 Å². The predicted molar refractivity (Wildman–Crippen MR) is 117 cm³/mol. The second-order valence-electron chi connectivity index (χ2n) is 8.55. The number of fused-ring (bicyclic) bond motifs is 1. The molecule has 2 amide bonds. The largest absolute Gasteiger partial charge is 0.340 e. The first kappa shape index (κ1) is 19.7. The van der Waals surface area contributed by atoms with E-state index in [1.54, 1.807) is 11.4 Å². The van der Waals surface area contributed by atoms with Crippen LogP contribution in [0.1, 0.15) is 25.3 Å². The van der Waals surface area contributed by atoms with Crippen molar-refractivity contribution >= 4 is 23.4 Å². The second-order valence-corrected chi connectivity index (χ2v) is 8.55. The van der Waals surface area contributed by atoms with E-state index in [0.717, 1.165) is 43.7 Å². The molecule has 0 radical (unpaired) electrons. The lowest BCUT2D eigenvalue weighted by atomic mass is 10.0. The van der Waals surface area contributed by atoms with Crippen LogP contribution >= 0.6 is 0 Å². The van der Waals surface area contributed by atoms with Crippen LogP contribution < -0.4 is 5.32 Å². The number of aromatic nitrogens is 3. The average Bonchev–Trinajstić information content (AvgIpc) is 3.50. The maximum absolute atomic E-state index is 12.0. The zero-order valence-electron chi connectivity index (χ0n) is 17.8. The quantitative estimate of drug-likeness (QED) is 0.665. The first-order valence-electron chi connectivity index (χ1n) is 10.7. The first-order valence-corrected chi connectivity index (χ1v) is 10.7. The fraction of sp³-hybridized carbons (Fsp3) is 0.391. The molecule has 1 aliphatic heterocycles. The van der Waals surface area contributed by atoms with Gasteiger partial charge in [-0.3, -0.25) is 19.8 Å². The van der Waals surface area contributed by atoms with Crippen LogP contribution in [0.5, 0.6) is 0 Å². The van der Waals surface area contributed by atoms with Crippen LogP contribution in [-0.4, -0.2) is 62.4 Å². The molecule has 2 aliphatic rings. The summed E-state index contributed by atoms with van der Waals surface area (Å²) in [5, 5.41) is 7.33. The summed E-state index contributed by atoms with van der Waals surface area (Å²) in [6.45, 7) is 4.30. The Bertz CT molecular complexity index is 1130. The van der Waals surface area contributed by atoms with Gasteiger partial charge in [0.15, 0.2) is 5.65 Å². The van der Waals surface area contributed by atoms with Crippen LogP contribution in [0.15, 0.2) is 42.5 Å². The highest BCUT2D eigenvalue weighted by molar-refractivity contribution is 5.92. The molecule has 31 heavy (non-hydrogen) atoms. The highest BCUT2D eigenvalue weighted by Crippen LogP contribution is 2.30. The van der Waals surface area contributed by atoms with Crippen molar-refractivity contribution in [3.63, 3.8) is 0 Å². The highest BCUT2D eigenvalue weighted by atomic mass is 16.2. The molecular weight excluding hydrogens is 392 g/mol. The molecule has 5 rings (SSSR count). The van der Waals surface area contributed by atoms with Gasteiger partial charge in [0.2, 0.25) is 17.8 Å². The van der Waals surface area contributed by atoms with E-state index in [1.165, 1.54) is 5.56 Å². The number of carbonyl (C=O) groups is 2. The third kappa shape index (κ3) is 4.03. The lowest BCUT2D eigenvalue weighted by molar-refractivity contribution is -0.133. The summed E-state index contributed by atoms with van der Waals surface area (Å²) in [5.41, 5.74) is 3.90. The Kier molecular flexibility index (Phi) is 4.94. The van der Waals surface area contributed by atoms with Gasteiger partial charge in [-0.15, -0.1) is 5.10 Å². The molecule has 0 spiro atoms. The number of likely N-dealkylation sites (tertiary alicyclic amines) is 1. The van der Waals surface area contributed by atoms with Crippen molar-refractivity contribution in [1.82, 2.24) is 24.4 Å². The minimum atomic E-state index is 0.00420. The summed E-state index contributed by atoms with van der Waals surface area (Å²) in [7, 11) is 1.87. The lowest BCUT2D eigenvalue weighted by Gasteiger charge is -2.43. The minimum Gasteiger partial charge on any atom is -0.340 e. The minimum absolute atomic E-state index is 0.00420. The van der Waals surface area contributed by atoms with E-state index in [2.05, 4.69) is 44.6 Å². The van der Waals surface area contributed by atoms with Crippen LogP contribution in [-0.2, 0) is 16.1 Å². The van der Waals surface area contributed by atoms with Gasteiger partial charge in [0.25, 0.3) is 0 Å². The summed E-state index contributed by atoms with van der Waals surface area (Å²) >= 11 is 0. The monoisotopic (exact) mass is 418 g/mol. The third-order valence-electron chi connectivity index (χ3n) is 6.18. The summed E-state index contributed by atoms with van der Waals surface area (Å²) in [6, 6.07) is 14.6. The van der Waals surface area contributed by atoms with Gasteiger partial charge in [-0.1, -0.05) is 30.3 Å². The van der Waals surface area contributed by atoms with Crippen LogP contribution in [0.4, 0.5) is 5.95 Å². The zero-order chi connectivity index (χ0) is 21.5. The Morgan fingerprint density at radius 3 is 2.55 bits per heavy atom. The highest BCUT2D eigenvalue weighted by Gasteiger charge is 2.31. The number of nitrogens with zero attached hydrogens (tertiary/aromatic N) is 5. The maximum atomic E-state index is 12.0. The Balaban J connectivity index is 1.28. The average molecular weight is 419 g/mol. The number of benzene rings is 1. The molecule has 0 unspecified atom stereocenters. The van der Waals surface area contributed by atoms with Crippen molar-refractivity contribution in [2.75, 3.05) is 25.5 Å². The van der Waals surface area contributed by atoms with E-state index in [0.29, 0.717) is 17.6 Å². The number of hydrogen-bond donors (Lipinski definition) is 1. The van der Waals surface area contributed by atoms with Gasteiger partial charge in [0.05, 0.1) is 11.7 Å². The van der Waals surface area contributed by atoms with Crippen LogP contribution in [0.2, 0.25) is 0 Å². The fourth-order valence-corrected chi connectivity index (χ4v) is 3.95. The van der Waals surface area contributed by atoms with Crippen molar-refractivity contribution in [1.29, 1.82) is 0 Å². The number of rotatable bonds is 6. The standard InChI is InChI=1S/C23H26N6O2/c1-15(30)27(2)19-13-28(14-19)12-16-6-8-17(9-7-16)20-4-3-5-21-24-23(26-29(20)21)25-22(31)18-10-11-18/h3-9,18-19H,10-14H2,1-2H3,(H,25,26,31). The van der Waals surface area contributed by atoms with Crippen molar-refractivity contribution in [3.8, 4) is 11.3 Å². The van der Waals surface area contributed by atoms with E-state index in [-0.39, 0.29) is 17.7 Å². The van der Waals surface area contributed by atoms with E-state index in [1.807, 2.05) is 30.1 Å². The van der Waals surface area contributed by atoms with Gasteiger partial charge in [0, 0.05) is 45.1 Å². The summed E-state index contributed by atoms with van der Waals surface area (Å²) in [5.74, 6) is 0.586. The molecule has 1 saturated heterocycles. The Hall–Kier alpha value is -3.26. The molecule has 0 atom stereocenters.